The molecule has 0 bridgehead atoms. The van der Waals surface area contributed by atoms with Crippen LogP contribution in [0, 0.1) is 6.92 Å². The summed E-state index contributed by atoms with van der Waals surface area (Å²) < 4.78 is 10.7. The second-order valence-corrected chi connectivity index (χ2v) is 4.81. The monoisotopic (exact) mass is 294 g/mol. The van der Waals surface area contributed by atoms with Crippen LogP contribution >= 0.6 is 0 Å². The lowest BCUT2D eigenvalue weighted by molar-refractivity contribution is 0.0438. The molecule has 0 spiro atoms. The molecule has 0 unspecified atom stereocenters. The minimum atomic E-state index is -0.414. The van der Waals surface area contributed by atoms with Gasteiger partial charge in [-0.25, -0.2) is 4.79 Å². The first-order valence-corrected chi connectivity index (χ1v) is 6.84. The van der Waals surface area contributed by atoms with Crippen LogP contribution in [0.5, 0.6) is 0 Å². The van der Waals surface area contributed by atoms with Crippen molar-refractivity contribution in [1.29, 1.82) is 0 Å². The van der Waals surface area contributed by atoms with E-state index in [9.17, 15) is 4.79 Å². The summed E-state index contributed by atoms with van der Waals surface area (Å²) in [4.78, 5) is 11.9. The van der Waals surface area contributed by atoms with Gasteiger partial charge in [-0.05, 0) is 31.2 Å². The van der Waals surface area contributed by atoms with Gasteiger partial charge >= 0.3 is 5.97 Å². The first kappa shape index (κ1) is 14.0. The number of nitrogens with zero attached hydrogens (tertiary/aromatic N) is 2. The van der Waals surface area contributed by atoms with Crippen LogP contribution in [0.4, 0.5) is 0 Å². The molecule has 0 aliphatic rings. The summed E-state index contributed by atoms with van der Waals surface area (Å²) in [7, 11) is 0. The number of aromatic nitrogens is 2. The molecule has 0 fully saturated rings. The van der Waals surface area contributed by atoms with Gasteiger partial charge in [-0.2, -0.15) is 0 Å². The second-order valence-electron chi connectivity index (χ2n) is 4.81. The Hall–Kier alpha value is -2.95. The van der Waals surface area contributed by atoms with Gasteiger partial charge in [-0.15, -0.1) is 10.2 Å². The van der Waals surface area contributed by atoms with Crippen molar-refractivity contribution in [2.75, 3.05) is 0 Å². The molecule has 0 amide bonds. The summed E-state index contributed by atoms with van der Waals surface area (Å²) >= 11 is 0. The molecule has 3 rings (SSSR count). The summed E-state index contributed by atoms with van der Waals surface area (Å²) in [5.41, 5.74) is 2.33. The molecule has 0 aliphatic heterocycles. The van der Waals surface area contributed by atoms with Crippen molar-refractivity contribution in [2.45, 2.75) is 13.5 Å². The van der Waals surface area contributed by atoms with Crippen LogP contribution in [0.1, 0.15) is 21.8 Å². The van der Waals surface area contributed by atoms with Gasteiger partial charge in [0.2, 0.25) is 5.89 Å². The number of carbonyl (C=O) groups excluding carboxylic acids is 1. The van der Waals surface area contributed by atoms with Crippen LogP contribution in [-0.4, -0.2) is 16.2 Å². The maximum atomic E-state index is 11.9. The Morgan fingerprint density at radius 2 is 1.91 bits per heavy atom. The van der Waals surface area contributed by atoms with E-state index in [1.165, 1.54) is 0 Å². The number of aryl methyl sites for hydroxylation is 1. The van der Waals surface area contributed by atoms with Crippen LogP contribution < -0.4 is 0 Å². The van der Waals surface area contributed by atoms with Crippen molar-refractivity contribution in [3.8, 4) is 11.5 Å². The van der Waals surface area contributed by atoms with Crippen molar-refractivity contribution in [2.24, 2.45) is 0 Å². The van der Waals surface area contributed by atoms with Crippen molar-refractivity contribution in [3.63, 3.8) is 0 Å². The molecule has 22 heavy (non-hydrogen) atoms. The normalized spacial score (nSPS) is 10.4. The summed E-state index contributed by atoms with van der Waals surface area (Å²) in [5, 5.41) is 7.83. The number of ether oxygens (including phenoxy) is 1. The van der Waals surface area contributed by atoms with E-state index in [0.29, 0.717) is 11.5 Å². The maximum Gasteiger partial charge on any atom is 0.338 e. The smallest absolute Gasteiger partial charge is 0.338 e. The highest BCUT2D eigenvalue weighted by Gasteiger charge is 2.12. The Morgan fingerprint density at radius 1 is 1.09 bits per heavy atom. The average molecular weight is 294 g/mol. The molecular weight excluding hydrogens is 280 g/mol. The van der Waals surface area contributed by atoms with Gasteiger partial charge in [0.05, 0.1) is 5.56 Å². The Kier molecular flexibility index (Phi) is 3.96. The van der Waals surface area contributed by atoms with E-state index in [-0.39, 0.29) is 12.5 Å². The number of benzene rings is 2. The van der Waals surface area contributed by atoms with Gasteiger partial charge in [-0.3, -0.25) is 0 Å². The van der Waals surface area contributed by atoms with E-state index in [1.54, 1.807) is 12.1 Å². The molecule has 0 saturated heterocycles. The summed E-state index contributed by atoms with van der Waals surface area (Å²) in [6.45, 7) is 1.87. The van der Waals surface area contributed by atoms with Gasteiger partial charge in [0.1, 0.15) is 0 Å². The van der Waals surface area contributed by atoms with E-state index >= 15 is 0 Å². The van der Waals surface area contributed by atoms with E-state index in [4.69, 9.17) is 9.15 Å². The number of esters is 1. The van der Waals surface area contributed by atoms with Gasteiger partial charge in [-0.1, -0.05) is 35.9 Å². The zero-order valence-electron chi connectivity index (χ0n) is 12.0. The largest absolute Gasteiger partial charge is 0.452 e. The van der Waals surface area contributed by atoms with Crippen LogP contribution in [0.3, 0.4) is 0 Å². The van der Waals surface area contributed by atoms with Crippen LogP contribution in [0.15, 0.2) is 59.0 Å². The highest BCUT2D eigenvalue weighted by Crippen LogP contribution is 2.17. The fourth-order valence-electron chi connectivity index (χ4n) is 1.99. The van der Waals surface area contributed by atoms with Gasteiger partial charge in [0.25, 0.3) is 5.89 Å². The standard InChI is InChI=1S/C17H14N2O3/c1-12-6-5-9-14(10-12)17(20)21-11-15-18-19-16(22-15)13-7-3-2-4-8-13/h2-10H,11H2,1H3. The predicted molar refractivity (Wildman–Crippen MR) is 80.0 cm³/mol. The third-order valence-electron chi connectivity index (χ3n) is 3.07. The number of hydrogen-bond acceptors (Lipinski definition) is 5. The third-order valence-corrected chi connectivity index (χ3v) is 3.07. The van der Waals surface area contributed by atoms with Gasteiger partial charge in [0.15, 0.2) is 6.61 Å². The summed E-state index contributed by atoms with van der Waals surface area (Å²) in [6.07, 6.45) is 0. The highest BCUT2D eigenvalue weighted by atomic mass is 16.5. The predicted octanol–water partition coefficient (Wildman–Crippen LogP) is 3.40. The first-order chi connectivity index (χ1) is 10.7. The summed E-state index contributed by atoms with van der Waals surface area (Å²) in [5.74, 6) is 0.255. The van der Waals surface area contributed by atoms with Crippen molar-refractivity contribution in [1.82, 2.24) is 10.2 Å². The number of hydrogen-bond donors (Lipinski definition) is 0. The molecule has 0 aliphatic carbocycles. The zero-order chi connectivity index (χ0) is 15.4. The second kappa shape index (κ2) is 6.22. The first-order valence-electron chi connectivity index (χ1n) is 6.84. The Labute approximate surface area is 127 Å². The quantitative estimate of drug-likeness (QED) is 0.690. The maximum absolute atomic E-state index is 11.9. The molecular formula is C17H14N2O3. The Bertz CT molecular complexity index is 781. The SMILES string of the molecule is Cc1cccc(C(=O)OCc2nnc(-c3ccccc3)o2)c1. The van der Waals surface area contributed by atoms with Gasteiger partial charge < -0.3 is 9.15 Å². The van der Waals surface area contributed by atoms with Gasteiger partial charge in [0, 0.05) is 5.56 Å². The molecule has 1 aromatic heterocycles. The Balaban J connectivity index is 1.65. The fourth-order valence-corrected chi connectivity index (χ4v) is 1.99. The van der Waals surface area contributed by atoms with E-state index < -0.39 is 5.97 Å². The molecule has 0 N–H and O–H groups in total. The van der Waals surface area contributed by atoms with E-state index in [0.717, 1.165) is 11.1 Å². The highest BCUT2D eigenvalue weighted by molar-refractivity contribution is 5.89. The Morgan fingerprint density at radius 3 is 2.68 bits per heavy atom. The zero-order valence-corrected chi connectivity index (χ0v) is 12.0. The lowest BCUT2D eigenvalue weighted by Gasteiger charge is -2.02. The molecule has 0 atom stereocenters. The lowest BCUT2D eigenvalue weighted by atomic mass is 10.1. The van der Waals surface area contributed by atoms with E-state index in [1.807, 2.05) is 49.4 Å². The molecule has 110 valence electrons. The minimum absolute atomic E-state index is 0.0490. The van der Waals surface area contributed by atoms with Crippen LogP contribution in [0.2, 0.25) is 0 Å². The molecule has 2 aromatic carbocycles. The molecule has 5 heteroatoms. The van der Waals surface area contributed by atoms with Crippen molar-refractivity contribution < 1.29 is 13.9 Å². The minimum Gasteiger partial charge on any atom is -0.452 e. The fraction of sp³-hybridized carbons (Fsp3) is 0.118. The molecule has 1 heterocycles. The number of carbonyl (C=O) groups is 1. The molecule has 5 nitrogen and oxygen atoms in total. The topological polar surface area (TPSA) is 65.2 Å². The molecule has 0 saturated carbocycles. The number of rotatable bonds is 4. The molecule has 0 radical (unpaired) electrons. The third kappa shape index (κ3) is 3.20. The van der Waals surface area contributed by atoms with Crippen molar-refractivity contribution in [3.05, 3.63) is 71.6 Å². The van der Waals surface area contributed by atoms with Crippen molar-refractivity contribution >= 4 is 5.97 Å². The average Bonchev–Trinajstić information content (AvgIpc) is 3.02. The van der Waals surface area contributed by atoms with E-state index in [2.05, 4.69) is 10.2 Å². The summed E-state index contributed by atoms with van der Waals surface area (Å²) in [6, 6.07) is 16.6. The lowest BCUT2D eigenvalue weighted by Crippen LogP contribution is -2.05. The molecule has 3 aromatic rings. The van der Waals surface area contributed by atoms with Crippen LogP contribution in [0.25, 0.3) is 11.5 Å². The van der Waals surface area contributed by atoms with Crippen LogP contribution in [-0.2, 0) is 11.3 Å².